The van der Waals surface area contributed by atoms with E-state index in [0.29, 0.717) is 11.5 Å². The summed E-state index contributed by atoms with van der Waals surface area (Å²) in [6, 6.07) is 0. The van der Waals surface area contributed by atoms with E-state index in [1.165, 1.54) is 0 Å². The average Bonchev–Trinajstić information content (AvgIpc) is 2.55. The maximum Gasteiger partial charge on any atom is 0.330 e. The van der Waals surface area contributed by atoms with Crippen LogP contribution in [0.5, 0.6) is 0 Å². The molecule has 1 N–H and O–H groups in total. The fraction of sp³-hybridized carbons (Fsp3) is 0.364. The van der Waals surface area contributed by atoms with E-state index >= 15 is 0 Å². The summed E-state index contributed by atoms with van der Waals surface area (Å²) < 4.78 is 0. The Balaban J connectivity index is 2.63. The molecule has 70 valence electrons. The quantitative estimate of drug-likeness (QED) is 0.674. The number of carboxylic acids is 1. The number of allylic oxidation sites excluding steroid dienone is 5. The first-order valence-corrected chi connectivity index (χ1v) is 4.38. The molecular formula is C11H14O2. The van der Waals surface area contributed by atoms with Gasteiger partial charge in [-0.25, -0.2) is 4.79 Å². The second-order valence-corrected chi connectivity index (χ2v) is 3.36. The van der Waals surface area contributed by atoms with Gasteiger partial charge in [-0.3, -0.25) is 0 Å². The molecule has 0 spiro atoms. The van der Waals surface area contributed by atoms with Gasteiger partial charge in [0.1, 0.15) is 0 Å². The Morgan fingerprint density at radius 1 is 1.46 bits per heavy atom. The first-order valence-electron chi connectivity index (χ1n) is 4.38. The van der Waals surface area contributed by atoms with Crippen LogP contribution in [0.1, 0.15) is 13.8 Å². The van der Waals surface area contributed by atoms with Crippen molar-refractivity contribution in [3.8, 4) is 0 Å². The maximum absolute atomic E-state index is 10.5. The van der Waals surface area contributed by atoms with E-state index in [9.17, 15) is 4.79 Å². The molecule has 0 aromatic heterocycles. The standard InChI is InChI=1S/C11H14O2/c1-8(7-9(2)11(12)13)10-5-3-4-6-10/h3-8,10H,1-2H3,(H,12,13). The summed E-state index contributed by atoms with van der Waals surface area (Å²) in [5.74, 6) is -0.224. The molecule has 13 heavy (non-hydrogen) atoms. The number of carbonyl (C=O) groups is 1. The maximum atomic E-state index is 10.5. The van der Waals surface area contributed by atoms with Crippen molar-refractivity contribution in [3.63, 3.8) is 0 Å². The SMILES string of the molecule is CC(=CC(C)C1C=CC=C1)C(=O)O. The molecule has 2 nitrogen and oxygen atoms in total. The van der Waals surface area contributed by atoms with Crippen LogP contribution in [0.4, 0.5) is 0 Å². The van der Waals surface area contributed by atoms with Crippen molar-refractivity contribution in [3.05, 3.63) is 36.0 Å². The highest BCUT2D eigenvalue weighted by atomic mass is 16.4. The van der Waals surface area contributed by atoms with Crippen LogP contribution >= 0.6 is 0 Å². The Labute approximate surface area is 78.3 Å². The van der Waals surface area contributed by atoms with Crippen LogP contribution in [0.25, 0.3) is 0 Å². The van der Waals surface area contributed by atoms with Gasteiger partial charge in [-0.2, -0.15) is 0 Å². The molecule has 2 heteroatoms. The van der Waals surface area contributed by atoms with E-state index in [1.54, 1.807) is 13.0 Å². The van der Waals surface area contributed by atoms with Gasteiger partial charge in [0.15, 0.2) is 0 Å². The molecule has 0 radical (unpaired) electrons. The van der Waals surface area contributed by atoms with Crippen LogP contribution in [0.2, 0.25) is 0 Å². The minimum absolute atomic E-state index is 0.256. The zero-order chi connectivity index (χ0) is 9.84. The van der Waals surface area contributed by atoms with Crippen molar-refractivity contribution < 1.29 is 9.90 Å². The second-order valence-electron chi connectivity index (χ2n) is 3.36. The normalized spacial score (nSPS) is 19.4. The highest BCUT2D eigenvalue weighted by Gasteiger charge is 2.12. The molecule has 0 saturated carbocycles. The van der Waals surface area contributed by atoms with E-state index < -0.39 is 5.97 Å². The third-order valence-corrected chi connectivity index (χ3v) is 2.24. The number of hydrogen-bond donors (Lipinski definition) is 1. The number of aliphatic carboxylic acids is 1. The van der Waals surface area contributed by atoms with Crippen molar-refractivity contribution in [1.29, 1.82) is 0 Å². The van der Waals surface area contributed by atoms with Crippen LogP contribution in [0.3, 0.4) is 0 Å². The zero-order valence-electron chi connectivity index (χ0n) is 7.90. The van der Waals surface area contributed by atoms with Crippen molar-refractivity contribution in [1.82, 2.24) is 0 Å². The minimum atomic E-state index is -0.835. The molecule has 1 unspecified atom stereocenters. The van der Waals surface area contributed by atoms with Crippen LogP contribution in [-0.2, 0) is 4.79 Å². The molecule has 0 heterocycles. The lowest BCUT2D eigenvalue weighted by Crippen LogP contribution is -2.05. The molecule has 1 aliphatic rings. The summed E-state index contributed by atoms with van der Waals surface area (Å²) in [5.41, 5.74) is 0.418. The zero-order valence-corrected chi connectivity index (χ0v) is 7.90. The fourth-order valence-electron chi connectivity index (χ4n) is 1.38. The van der Waals surface area contributed by atoms with Gasteiger partial charge in [-0.15, -0.1) is 0 Å². The molecule has 1 aliphatic carbocycles. The number of rotatable bonds is 3. The van der Waals surface area contributed by atoms with Crippen molar-refractivity contribution >= 4 is 5.97 Å². The van der Waals surface area contributed by atoms with Crippen molar-refractivity contribution in [2.75, 3.05) is 0 Å². The van der Waals surface area contributed by atoms with E-state index in [4.69, 9.17) is 5.11 Å². The molecule has 0 bridgehead atoms. The summed E-state index contributed by atoms with van der Waals surface area (Å²) >= 11 is 0. The van der Waals surface area contributed by atoms with Crippen LogP contribution < -0.4 is 0 Å². The van der Waals surface area contributed by atoms with Crippen molar-refractivity contribution in [2.24, 2.45) is 11.8 Å². The molecular weight excluding hydrogens is 164 g/mol. The first kappa shape index (κ1) is 9.78. The van der Waals surface area contributed by atoms with Gasteiger partial charge in [0.25, 0.3) is 0 Å². The fourth-order valence-corrected chi connectivity index (χ4v) is 1.38. The van der Waals surface area contributed by atoms with Crippen molar-refractivity contribution in [2.45, 2.75) is 13.8 Å². The predicted molar refractivity (Wildman–Crippen MR) is 52.3 cm³/mol. The van der Waals surface area contributed by atoms with Gasteiger partial charge >= 0.3 is 5.97 Å². The Kier molecular flexibility index (Phi) is 3.07. The summed E-state index contributed by atoms with van der Waals surface area (Å²) in [5, 5.41) is 8.67. The average molecular weight is 178 g/mol. The Morgan fingerprint density at radius 2 is 2.00 bits per heavy atom. The molecule has 1 atom stereocenters. The largest absolute Gasteiger partial charge is 0.478 e. The first-order chi connectivity index (χ1) is 6.11. The molecule has 0 aromatic rings. The van der Waals surface area contributed by atoms with E-state index in [-0.39, 0.29) is 5.92 Å². The molecule has 0 aromatic carbocycles. The van der Waals surface area contributed by atoms with Gasteiger partial charge in [0.05, 0.1) is 0 Å². The number of hydrogen-bond acceptors (Lipinski definition) is 1. The van der Waals surface area contributed by atoms with Crippen LogP contribution in [0, 0.1) is 11.8 Å². The summed E-state index contributed by atoms with van der Waals surface area (Å²) in [7, 11) is 0. The summed E-state index contributed by atoms with van der Waals surface area (Å²) in [6.45, 7) is 3.65. The van der Waals surface area contributed by atoms with Crippen LogP contribution in [0.15, 0.2) is 36.0 Å². The Bertz CT molecular complexity index is 272. The lowest BCUT2D eigenvalue weighted by Gasteiger charge is -2.11. The van der Waals surface area contributed by atoms with Gasteiger partial charge in [0.2, 0.25) is 0 Å². The molecule has 0 saturated heterocycles. The second kappa shape index (κ2) is 4.08. The monoisotopic (exact) mass is 178 g/mol. The Morgan fingerprint density at radius 3 is 2.46 bits per heavy atom. The molecule has 1 rings (SSSR count). The summed E-state index contributed by atoms with van der Waals surface area (Å²) in [4.78, 5) is 10.5. The highest BCUT2D eigenvalue weighted by Crippen LogP contribution is 2.21. The molecule has 0 amide bonds. The third kappa shape index (κ3) is 2.58. The van der Waals surface area contributed by atoms with E-state index in [1.807, 2.05) is 19.1 Å². The summed E-state index contributed by atoms with van der Waals surface area (Å²) in [6.07, 6.45) is 9.94. The lowest BCUT2D eigenvalue weighted by atomic mass is 9.94. The highest BCUT2D eigenvalue weighted by molar-refractivity contribution is 5.85. The van der Waals surface area contributed by atoms with Gasteiger partial charge in [-0.05, 0) is 12.8 Å². The van der Waals surface area contributed by atoms with Gasteiger partial charge in [-0.1, -0.05) is 37.3 Å². The molecule has 0 fully saturated rings. The third-order valence-electron chi connectivity index (χ3n) is 2.24. The smallest absolute Gasteiger partial charge is 0.330 e. The minimum Gasteiger partial charge on any atom is -0.478 e. The Hall–Kier alpha value is -1.31. The van der Waals surface area contributed by atoms with E-state index in [2.05, 4.69) is 12.2 Å². The van der Waals surface area contributed by atoms with Crippen LogP contribution in [-0.4, -0.2) is 11.1 Å². The van der Waals surface area contributed by atoms with Gasteiger partial charge < -0.3 is 5.11 Å². The molecule has 0 aliphatic heterocycles. The topological polar surface area (TPSA) is 37.3 Å². The number of carboxylic acid groups (broad SMARTS) is 1. The van der Waals surface area contributed by atoms with Gasteiger partial charge in [0, 0.05) is 11.5 Å². The lowest BCUT2D eigenvalue weighted by molar-refractivity contribution is -0.132. The predicted octanol–water partition coefficient (Wildman–Crippen LogP) is 2.40. The van der Waals surface area contributed by atoms with E-state index in [0.717, 1.165) is 0 Å².